The van der Waals surface area contributed by atoms with Crippen LogP contribution in [0.1, 0.15) is 75.5 Å². The van der Waals surface area contributed by atoms with E-state index in [-0.39, 0.29) is 11.9 Å². The third-order valence-corrected chi connectivity index (χ3v) is 6.32. The molecule has 5 heteroatoms. The van der Waals surface area contributed by atoms with Crippen LogP contribution in [0.4, 0.5) is 0 Å². The summed E-state index contributed by atoms with van der Waals surface area (Å²) in [7, 11) is 1.90. The average Bonchev–Trinajstić information content (AvgIpc) is 2.87. The van der Waals surface area contributed by atoms with Gasteiger partial charge in [0.2, 0.25) is 0 Å². The number of carbonyl (C=O) groups excluding carboxylic acids is 1. The van der Waals surface area contributed by atoms with Gasteiger partial charge in [-0.2, -0.15) is 0 Å². The van der Waals surface area contributed by atoms with Gasteiger partial charge in [-0.15, -0.1) is 0 Å². The summed E-state index contributed by atoms with van der Waals surface area (Å²) in [5.74, 6) is 1.32. The molecule has 1 heterocycles. The molecule has 1 aliphatic heterocycles. The van der Waals surface area contributed by atoms with Gasteiger partial charge in [-0.25, -0.2) is 0 Å². The van der Waals surface area contributed by atoms with E-state index >= 15 is 0 Å². The fourth-order valence-electron chi connectivity index (χ4n) is 4.19. The van der Waals surface area contributed by atoms with E-state index in [1.807, 2.05) is 29.8 Å². The van der Waals surface area contributed by atoms with E-state index in [1.54, 1.807) is 0 Å². The number of hydrogen-bond acceptors (Lipinski definition) is 3. The van der Waals surface area contributed by atoms with Gasteiger partial charge in [-0.05, 0) is 79.7 Å². The molecule has 28 heavy (non-hydrogen) atoms. The Kier molecular flexibility index (Phi) is 6.43. The van der Waals surface area contributed by atoms with E-state index < -0.39 is 0 Å². The molecule has 1 saturated carbocycles. The first kappa shape index (κ1) is 20.8. The number of carbonyl (C=O) groups is 1. The van der Waals surface area contributed by atoms with E-state index in [4.69, 9.17) is 17.0 Å². The fourth-order valence-corrected chi connectivity index (χ4v) is 4.52. The Morgan fingerprint density at radius 2 is 1.93 bits per heavy atom. The lowest BCUT2D eigenvalue weighted by Gasteiger charge is -2.30. The second-order valence-electron chi connectivity index (χ2n) is 8.17. The monoisotopic (exact) mass is 400 g/mol. The highest BCUT2D eigenvalue weighted by atomic mass is 32.1. The molecule has 4 nitrogen and oxygen atoms in total. The van der Waals surface area contributed by atoms with Gasteiger partial charge in [0.1, 0.15) is 11.4 Å². The van der Waals surface area contributed by atoms with Gasteiger partial charge in [0.05, 0.1) is 6.61 Å². The summed E-state index contributed by atoms with van der Waals surface area (Å²) in [4.78, 5) is 17.0. The van der Waals surface area contributed by atoms with E-state index in [2.05, 4.69) is 32.9 Å². The van der Waals surface area contributed by atoms with Crippen LogP contribution in [-0.4, -0.2) is 40.5 Å². The van der Waals surface area contributed by atoms with Gasteiger partial charge in [0.25, 0.3) is 5.91 Å². The summed E-state index contributed by atoms with van der Waals surface area (Å²) in [5.41, 5.74) is 3.98. The normalized spacial score (nSPS) is 20.0. The lowest BCUT2D eigenvalue weighted by molar-refractivity contribution is -0.124. The first-order chi connectivity index (χ1) is 13.3. The Labute approximate surface area is 174 Å². The van der Waals surface area contributed by atoms with Crippen LogP contribution in [0.2, 0.25) is 0 Å². The Hall–Kier alpha value is -1.88. The predicted molar refractivity (Wildman–Crippen MR) is 118 cm³/mol. The molecule has 1 aliphatic carbocycles. The number of benzene rings is 1. The summed E-state index contributed by atoms with van der Waals surface area (Å²) in [6.07, 6.45) is 7.70. The first-order valence-corrected chi connectivity index (χ1v) is 10.9. The minimum atomic E-state index is 0.0405. The van der Waals surface area contributed by atoms with Gasteiger partial charge in [0, 0.05) is 13.1 Å². The number of ether oxygens (including phenoxy) is 1. The van der Waals surface area contributed by atoms with Crippen molar-refractivity contribution in [1.82, 2.24) is 9.80 Å². The van der Waals surface area contributed by atoms with Crippen LogP contribution in [0.3, 0.4) is 0 Å². The molecule has 0 spiro atoms. The van der Waals surface area contributed by atoms with Gasteiger partial charge in [-0.3, -0.25) is 9.69 Å². The molecule has 152 valence electrons. The van der Waals surface area contributed by atoms with Crippen molar-refractivity contribution in [3.05, 3.63) is 34.5 Å². The molecule has 2 fully saturated rings. The smallest absolute Gasteiger partial charge is 0.277 e. The van der Waals surface area contributed by atoms with Crippen molar-refractivity contribution in [1.29, 1.82) is 0 Å². The van der Waals surface area contributed by atoms with Crippen LogP contribution in [0.25, 0.3) is 6.08 Å². The summed E-state index contributed by atoms with van der Waals surface area (Å²) in [6, 6.07) is 4.49. The Morgan fingerprint density at radius 3 is 2.54 bits per heavy atom. The average molecular weight is 401 g/mol. The summed E-state index contributed by atoms with van der Waals surface area (Å²) in [5, 5.41) is 0.635. The minimum Gasteiger partial charge on any atom is -0.494 e. The number of likely N-dealkylation sites (N-methyl/N-ethyl adjacent to an activating group) is 1. The molecular weight excluding hydrogens is 368 g/mol. The molecule has 0 atom stereocenters. The van der Waals surface area contributed by atoms with Crippen molar-refractivity contribution in [2.45, 2.75) is 71.8 Å². The third kappa shape index (κ3) is 3.95. The van der Waals surface area contributed by atoms with E-state index in [0.29, 0.717) is 23.3 Å². The van der Waals surface area contributed by atoms with Crippen LogP contribution in [0, 0.1) is 6.92 Å². The Balaban J connectivity index is 1.97. The standard InChI is InChI=1S/C23H32N2O2S/c1-6-27-21-12-16(4)17(13-19(21)15(2)3)14-20-22(26)25(23(28)24(20)5)18-10-8-7-9-11-18/h12-15,18H,6-11H2,1-5H3. The highest BCUT2D eigenvalue weighted by Gasteiger charge is 2.40. The highest BCUT2D eigenvalue weighted by Crippen LogP contribution is 2.34. The zero-order valence-corrected chi connectivity index (χ0v) is 18.6. The summed E-state index contributed by atoms with van der Waals surface area (Å²) < 4.78 is 5.83. The predicted octanol–water partition coefficient (Wildman–Crippen LogP) is 5.25. The Morgan fingerprint density at radius 1 is 1.25 bits per heavy atom. The molecule has 2 aliphatic rings. The number of hydrogen-bond donors (Lipinski definition) is 0. The molecule has 0 N–H and O–H groups in total. The maximum Gasteiger partial charge on any atom is 0.277 e. The second-order valence-corrected chi connectivity index (χ2v) is 8.54. The van der Waals surface area contributed by atoms with Crippen molar-refractivity contribution in [2.24, 2.45) is 0 Å². The van der Waals surface area contributed by atoms with E-state index in [9.17, 15) is 4.79 Å². The topological polar surface area (TPSA) is 32.8 Å². The van der Waals surface area contributed by atoms with Crippen molar-refractivity contribution in [3.63, 3.8) is 0 Å². The highest BCUT2D eigenvalue weighted by molar-refractivity contribution is 7.80. The molecule has 0 aromatic heterocycles. The molecule has 3 rings (SSSR count). The largest absolute Gasteiger partial charge is 0.494 e. The quantitative estimate of drug-likeness (QED) is 0.499. The molecule has 1 saturated heterocycles. The zero-order valence-electron chi connectivity index (χ0n) is 17.7. The van der Waals surface area contributed by atoms with Gasteiger partial charge in [0.15, 0.2) is 5.11 Å². The molecule has 0 unspecified atom stereocenters. The number of amides is 1. The van der Waals surface area contributed by atoms with Gasteiger partial charge in [-0.1, -0.05) is 33.1 Å². The SMILES string of the molecule is CCOc1cc(C)c(C=C2C(=O)N(C3CCCCC3)C(=S)N2C)cc1C(C)C. The molecule has 0 bridgehead atoms. The lowest BCUT2D eigenvalue weighted by Crippen LogP contribution is -2.41. The van der Waals surface area contributed by atoms with Crippen molar-refractivity contribution in [3.8, 4) is 5.75 Å². The number of aryl methyl sites for hydroxylation is 1. The first-order valence-electron chi connectivity index (χ1n) is 10.4. The Bertz CT molecular complexity index is 794. The van der Waals surface area contributed by atoms with Crippen LogP contribution >= 0.6 is 12.2 Å². The van der Waals surface area contributed by atoms with Crippen molar-refractivity contribution >= 4 is 29.3 Å². The second kappa shape index (κ2) is 8.64. The van der Waals surface area contributed by atoms with E-state index in [1.165, 1.54) is 24.8 Å². The summed E-state index contributed by atoms with van der Waals surface area (Å²) in [6.45, 7) is 9.04. The molecular formula is C23H32N2O2S. The summed E-state index contributed by atoms with van der Waals surface area (Å²) >= 11 is 5.64. The van der Waals surface area contributed by atoms with Crippen LogP contribution in [0.15, 0.2) is 17.8 Å². The number of nitrogens with zero attached hydrogens (tertiary/aromatic N) is 2. The van der Waals surface area contributed by atoms with Gasteiger partial charge >= 0.3 is 0 Å². The molecule has 1 aromatic rings. The molecule has 1 aromatic carbocycles. The number of thiocarbonyl (C=S) groups is 1. The maximum absolute atomic E-state index is 13.2. The van der Waals surface area contributed by atoms with Crippen LogP contribution < -0.4 is 4.74 Å². The maximum atomic E-state index is 13.2. The zero-order chi connectivity index (χ0) is 20.4. The van der Waals surface area contributed by atoms with E-state index in [0.717, 1.165) is 29.7 Å². The molecule has 1 amide bonds. The van der Waals surface area contributed by atoms with Crippen LogP contribution in [0.5, 0.6) is 5.75 Å². The van der Waals surface area contributed by atoms with Crippen LogP contribution in [-0.2, 0) is 4.79 Å². The van der Waals surface area contributed by atoms with Crippen molar-refractivity contribution in [2.75, 3.05) is 13.7 Å². The van der Waals surface area contributed by atoms with Crippen molar-refractivity contribution < 1.29 is 9.53 Å². The lowest BCUT2D eigenvalue weighted by atomic mass is 9.94. The van der Waals surface area contributed by atoms with Gasteiger partial charge < -0.3 is 9.64 Å². The fraction of sp³-hybridized carbons (Fsp3) is 0.565. The third-order valence-electron chi connectivity index (χ3n) is 5.84. The minimum absolute atomic E-state index is 0.0405. The number of rotatable bonds is 5. The molecule has 0 radical (unpaired) electrons.